The summed E-state index contributed by atoms with van der Waals surface area (Å²) < 4.78 is 26.6. The molecular formula is C20H26N2O3S. The summed E-state index contributed by atoms with van der Waals surface area (Å²) in [5, 5.41) is 2.87. The molecule has 1 amide bonds. The highest BCUT2D eigenvalue weighted by Crippen LogP contribution is 2.22. The molecule has 2 rings (SSSR count). The van der Waals surface area contributed by atoms with Crippen molar-refractivity contribution >= 4 is 21.6 Å². The fourth-order valence-electron chi connectivity index (χ4n) is 2.51. The van der Waals surface area contributed by atoms with Crippen LogP contribution in [0.2, 0.25) is 0 Å². The van der Waals surface area contributed by atoms with E-state index in [-0.39, 0.29) is 10.8 Å². The Bertz CT molecular complexity index is 828. The highest BCUT2D eigenvalue weighted by Gasteiger charge is 2.21. The summed E-state index contributed by atoms with van der Waals surface area (Å²) in [4.78, 5) is 12.3. The summed E-state index contributed by atoms with van der Waals surface area (Å²) in [6.07, 6.45) is 3.14. The summed E-state index contributed by atoms with van der Waals surface area (Å²) in [6.45, 7) is 4.67. The lowest BCUT2D eigenvalue weighted by Gasteiger charge is -2.20. The first-order valence-electron chi connectivity index (χ1n) is 8.80. The van der Waals surface area contributed by atoms with E-state index >= 15 is 0 Å². The van der Waals surface area contributed by atoms with Gasteiger partial charge in [-0.2, -0.15) is 0 Å². The molecule has 2 aromatic carbocycles. The van der Waals surface area contributed by atoms with Crippen LogP contribution in [0.5, 0.6) is 0 Å². The molecule has 0 aliphatic carbocycles. The van der Waals surface area contributed by atoms with Crippen LogP contribution in [0.4, 0.5) is 5.69 Å². The largest absolute Gasteiger partial charge is 0.352 e. The minimum atomic E-state index is -3.63. The zero-order chi connectivity index (χ0) is 19.2. The van der Waals surface area contributed by atoms with Gasteiger partial charge in [0.15, 0.2) is 0 Å². The number of nitrogens with one attached hydrogen (secondary N) is 1. The van der Waals surface area contributed by atoms with E-state index in [1.165, 1.54) is 11.4 Å². The standard InChI is InChI=1S/C20H26N2O3S/c1-4-5-6-15-21-20(23)17-9-11-18(12-10-17)22(3)26(24,25)19-13-7-16(2)8-14-19/h7-14H,4-6,15H2,1-3H3,(H,21,23). The quantitative estimate of drug-likeness (QED) is 0.716. The van der Waals surface area contributed by atoms with Gasteiger partial charge in [-0.05, 0) is 49.7 Å². The van der Waals surface area contributed by atoms with E-state index in [0.29, 0.717) is 17.8 Å². The molecule has 0 aliphatic heterocycles. The van der Waals surface area contributed by atoms with Crippen LogP contribution in [0.25, 0.3) is 0 Å². The monoisotopic (exact) mass is 374 g/mol. The van der Waals surface area contributed by atoms with Gasteiger partial charge in [-0.3, -0.25) is 9.10 Å². The first-order chi connectivity index (χ1) is 12.4. The molecule has 0 atom stereocenters. The first-order valence-corrected chi connectivity index (χ1v) is 10.2. The van der Waals surface area contributed by atoms with Crippen LogP contribution in [-0.4, -0.2) is 27.9 Å². The molecular weight excluding hydrogens is 348 g/mol. The summed E-state index contributed by atoms with van der Waals surface area (Å²) >= 11 is 0. The van der Waals surface area contributed by atoms with Gasteiger partial charge in [-0.15, -0.1) is 0 Å². The van der Waals surface area contributed by atoms with Crippen molar-refractivity contribution in [3.8, 4) is 0 Å². The average Bonchev–Trinajstić information content (AvgIpc) is 2.65. The van der Waals surface area contributed by atoms with E-state index in [2.05, 4.69) is 12.2 Å². The number of aryl methyl sites for hydroxylation is 1. The molecule has 1 N–H and O–H groups in total. The van der Waals surface area contributed by atoms with E-state index in [1.807, 2.05) is 6.92 Å². The van der Waals surface area contributed by atoms with Gasteiger partial charge in [0.05, 0.1) is 10.6 Å². The second-order valence-electron chi connectivity index (χ2n) is 6.30. The van der Waals surface area contributed by atoms with Crippen LogP contribution in [0.3, 0.4) is 0 Å². The molecule has 0 fully saturated rings. The molecule has 6 heteroatoms. The Morgan fingerprint density at radius 2 is 1.62 bits per heavy atom. The van der Waals surface area contributed by atoms with Gasteiger partial charge in [0.25, 0.3) is 15.9 Å². The molecule has 140 valence electrons. The fraction of sp³-hybridized carbons (Fsp3) is 0.350. The molecule has 0 bridgehead atoms. The Labute approximate surface area is 156 Å². The Hall–Kier alpha value is -2.34. The Balaban J connectivity index is 2.09. The minimum absolute atomic E-state index is 0.142. The highest BCUT2D eigenvalue weighted by atomic mass is 32.2. The van der Waals surface area contributed by atoms with Gasteiger partial charge in [0, 0.05) is 19.2 Å². The Kier molecular flexibility index (Phi) is 6.80. The predicted molar refractivity (Wildman–Crippen MR) is 105 cm³/mol. The molecule has 2 aromatic rings. The first kappa shape index (κ1) is 20.0. The van der Waals surface area contributed by atoms with Crippen LogP contribution in [0.1, 0.15) is 42.1 Å². The normalized spacial score (nSPS) is 11.2. The Morgan fingerprint density at radius 3 is 2.19 bits per heavy atom. The third-order valence-corrected chi connectivity index (χ3v) is 6.04. The maximum Gasteiger partial charge on any atom is 0.264 e. The number of nitrogens with zero attached hydrogens (tertiary/aromatic N) is 1. The molecule has 0 heterocycles. The van der Waals surface area contributed by atoms with Crippen LogP contribution < -0.4 is 9.62 Å². The molecule has 0 radical (unpaired) electrons. The van der Waals surface area contributed by atoms with E-state index in [9.17, 15) is 13.2 Å². The van der Waals surface area contributed by atoms with Crippen molar-refractivity contribution in [3.05, 3.63) is 59.7 Å². The van der Waals surface area contributed by atoms with Crippen molar-refractivity contribution in [2.24, 2.45) is 0 Å². The third kappa shape index (κ3) is 4.85. The zero-order valence-corrected chi connectivity index (χ0v) is 16.3. The van der Waals surface area contributed by atoms with E-state index in [0.717, 1.165) is 24.8 Å². The van der Waals surface area contributed by atoms with Crippen LogP contribution in [0, 0.1) is 6.92 Å². The van der Waals surface area contributed by atoms with Gasteiger partial charge in [-0.1, -0.05) is 37.5 Å². The second kappa shape index (κ2) is 8.85. The highest BCUT2D eigenvalue weighted by molar-refractivity contribution is 7.92. The van der Waals surface area contributed by atoms with Crippen molar-refractivity contribution in [1.82, 2.24) is 5.32 Å². The number of hydrogen-bond donors (Lipinski definition) is 1. The zero-order valence-electron chi connectivity index (χ0n) is 15.5. The number of hydrogen-bond acceptors (Lipinski definition) is 3. The number of amides is 1. The number of carbonyl (C=O) groups excluding carboxylic acids is 1. The van der Waals surface area contributed by atoms with E-state index in [4.69, 9.17) is 0 Å². The molecule has 0 aromatic heterocycles. The number of rotatable bonds is 8. The number of benzene rings is 2. The topological polar surface area (TPSA) is 66.5 Å². The minimum Gasteiger partial charge on any atom is -0.352 e. The molecule has 0 saturated heterocycles. The van der Waals surface area contributed by atoms with Crippen molar-refractivity contribution in [2.45, 2.75) is 38.0 Å². The van der Waals surface area contributed by atoms with Crippen molar-refractivity contribution in [1.29, 1.82) is 0 Å². The third-order valence-electron chi connectivity index (χ3n) is 4.24. The van der Waals surface area contributed by atoms with Crippen molar-refractivity contribution in [2.75, 3.05) is 17.9 Å². The van der Waals surface area contributed by atoms with Crippen LogP contribution >= 0.6 is 0 Å². The summed E-state index contributed by atoms with van der Waals surface area (Å²) in [6, 6.07) is 13.3. The molecule has 26 heavy (non-hydrogen) atoms. The maximum atomic E-state index is 12.7. The van der Waals surface area contributed by atoms with Gasteiger partial charge < -0.3 is 5.32 Å². The van der Waals surface area contributed by atoms with E-state index < -0.39 is 10.0 Å². The van der Waals surface area contributed by atoms with Crippen LogP contribution in [-0.2, 0) is 10.0 Å². The molecule has 0 spiro atoms. The van der Waals surface area contributed by atoms with E-state index in [1.54, 1.807) is 48.5 Å². The predicted octanol–water partition coefficient (Wildman–Crippen LogP) is 3.74. The molecule has 0 saturated carbocycles. The van der Waals surface area contributed by atoms with Gasteiger partial charge in [0.2, 0.25) is 0 Å². The van der Waals surface area contributed by atoms with Crippen molar-refractivity contribution < 1.29 is 13.2 Å². The summed E-state index contributed by atoms with van der Waals surface area (Å²) in [7, 11) is -2.12. The van der Waals surface area contributed by atoms with Crippen LogP contribution in [0.15, 0.2) is 53.4 Å². The molecule has 0 unspecified atom stereocenters. The van der Waals surface area contributed by atoms with Gasteiger partial charge in [-0.25, -0.2) is 8.42 Å². The number of sulfonamides is 1. The fourth-order valence-corrected chi connectivity index (χ4v) is 3.70. The Morgan fingerprint density at radius 1 is 1.00 bits per heavy atom. The summed E-state index contributed by atoms with van der Waals surface area (Å²) in [5.41, 5.74) is 2.03. The van der Waals surface area contributed by atoms with Crippen molar-refractivity contribution in [3.63, 3.8) is 0 Å². The van der Waals surface area contributed by atoms with Gasteiger partial charge >= 0.3 is 0 Å². The average molecular weight is 375 g/mol. The second-order valence-corrected chi connectivity index (χ2v) is 8.26. The molecule has 5 nitrogen and oxygen atoms in total. The summed E-state index contributed by atoms with van der Waals surface area (Å²) in [5.74, 6) is -0.142. The number of unbranched alkanes of at least 4 members (excludes halogenated alkanes) is 2. The van der Waals surface area contributed by atoms with Gasteiger partial charge in [0.1, 0.15) is 0 Å². The maximum absolute atomic E-state index is 12.7. The SMILES string of the molecule is CCCCCNC(=O)c1ccc(N(C)S(=O)(=O)c2ccc(C)cc2)cc1. The molecule has 0 aliphatic rings. The lowest BCUT2D eigenvalue weighted by molar-refractivity contribution is 0.0953. The smallest absolute Gasteiger partial charge is 0.264 e. The number of anilines is 1. The number of carbonyl (C=O) groups is 1. The lowest BCUT2D eigenvalue weighted by Crippen LogP contribution is -2.27. The lowest BCUT2D eigenvalue weighted by atomic mass is 10.2.